The lowest BCUT2D eigenvalue weighted by Gasteiger charge is -2.09. The Hall–Kier alpha value is -1.76. The van der Waals surface area contributed by atoms with Crippen LogP contribution in [0.3, 0.4) is 0 Å². The molecule has 75 valence electrons. The number of aryl methyl sites for hydroxylation is 2. The monoisotopic (exact) mass is 196 g/mol. The summed E-state index contributed by atoms with van der Waals surface area (Å²) in [7, 11) is 0. The van der Waals surface area contributed by atoms with Crippen molar-refractivity contribution in [1.29, 1.82) is 0 Å². The van der Waals surface area contributed by atoms with E-state index >= 15 is 0 Å². The molecule has 0 fully saturated rings. The third-order valence-electron chi connectivity index (χ3n) is 2.37. The molecule has 0 saturated carbocycles. The van der Waals surface area contributed by atoms with Crippen molar-refractivity contribution in [3.63, 3.8) is 0 Å². The lowest BCUT2D eigenvalue weighted by Crippen LogP contribution is -1.92. The number of benzene rings is 2. The fourth-order valence-corrected chi connectivity index (χ4v) is 1.51. The predicted molar refractivity (Wildman–Crippen MR) is 64.5 cm³/mol. The van der Waals surface area contributed by atoms with Crippen LogP contribution in [0.15, 0.2) is 42.5 Å². The summed E-state index contributed by atoms with van der Waals surface area (Å²) in [5, 5.41) is 3.36. The zero-order valence-corrected chi connectivity index (χ0v) is 9.04. The van der Waals surface area contributed by atoms with E-state index in [2.05, 4.69) is 43.4 Å². The standard InChI is InChI=1S/C14H14N/c1-11-6-5-8-13(10-11)15-14-9-4-3-7-12(14)2/h3-7,9-10,15H,1-2H3. The van der Waals surface area contributed by atoms with E-state index in [9.17, 15) is 0 Å². The second-order valence-corrected chi connectivity index (χ2v) is 3.72. The Morgan fingerprint density at radius 3 is 2.60 bits per heavy atom. The van der Waals surface area contributed by atoms with E-state index in [-0.39, 0.29) is 0 Å². The first kappa shape index (κ1) is 9.78. The molecule has 0 heterocycles. The fourth-order valence-electron chi connectivity index (χ4n) is 1.51. The third kappa shape index (κ3) is 2.38. The molecule has 1 radical (unpaired) electrons. The normalized spacial score (nSPS) is 10.0. The van der Waals surface area contributed by atoms with Crippen molar-refractivity contribution < 1.29 is 0 Å². The molecule has 1 heteroatoms. The quantitative estimate of drug-likeness (QED) is 0.769. The van der Waals surface area contributed by atoms with Crippen molar-refractivity contribution in [1.82, 2.24) is 0 Å². The van der Waals surface area contributed by atoms with Gasteiger partial charge in [-0.25, -0.2) is 0 Å². The Bertz CT molecular complexity index is 460. The first-order valence-corrected chi connectivity index (χ1v) is 5.07. The second kappa shape index (κ2) is 4.18. The molecule has 1 nitrogen and oxygen atoms in total. The minimum Gasteiger partial charge on any atom is -0.355 e. The second-order valence-electron chi connectivity index (χ2n) is 3.72. The van der Waals surface area contributed by atoms with Crippen LogP contribution in [0.25, 0.3) is 0 Å². The summed E-state index contributed by atoms with van der Waals surface area (Å²) in [5.74, 6) is 0. The lowest BCUT2D eigenvalue weighted by molar-refractivity contribution is 1.41. The molecule has 2 aromatic carbocycles. The number of hydrogen-bond donors (Lipinski definition) is 1. The van der Waals surface area contributed by atoms with Gasteiger partial charge in [-0.1, -0.05) is 30.3 Å². The Labute approximate surface area is 90.8 Å². The maximum atomic E-state index is 3.36. The van der Waals surface area contributed by atoms with Gasteiger partial charge in [0.05, 0.1) is 0 Å². The zero-order chi connectivity index (χ0) is 10.7. The molecule has 0 spiro atoms. The van der Waals surface area contributed by atoms with E-state index in [1.165, 1.54) is 11.1 Å². The Kier molecular flexibility index (Phi) is 2.72. The lowest BCUT2D eigenvalue weighted by atomic mass is 10.2. The van der Waals surface area contributed by atoms with Crippen LogP contribution in [0.5, 0.6) is 0 Å². The van der Waals surface area contributed by atoms with Gasteiger partial charge in [-0.05, 0) is 37.1 Å². The molecular formula is C14H14N. The maximum Gasteiger partial charge on any atom is 0.0467 e. The molecule has 1 N–H and O–H groups in total. The van der Waals surface area contributed by atoms with Crippen LogP contribution in [0.1, 0.15) is 11.1 Å². The average molecular weight is 196 g/mol. The van der Waals surface area contributed by atoms with E-state index in [0.29, 0.717) is 0 Å². The van der Waals surface area contributed by atoms with Crippen molar-refractivity contribution in [2.24, 2.45) is 0 Å². The molecule has 0 aliphatic rings. The maximum absolute atomic E-state index is 3.36. The van der Waals surface area contributed by atoms with Crippen molar-refractivity contribution in [3.8, 4) is 0 Å². The molecule has 0 amide bonds. The molecule has 0 aliphatic carbocycles. The Balaban J connectivity index is 2.26. The SMILES string of the molecule is Cc1cc[c]c(Nc2ccccc2C)c1. The summed E-state index contributed by atoms with van der Waals surface area (Å²) in [4.78, 5) is 0. The summed E-state index contributed by atoms with van der Waals surface area (Å²) in [6.45, 7) is 4.18. The Morgan fingerprint density at radius 2 is 1.87 bits per heavy atom. The van der Waals surface area contributed by atoms with E-state index in [1.54, 1.807) is 0 Å². The molecule has 0 aliphatic heterocycles. The molecular weight excluding hydrogens is 182 g/mol. The van der Waals surface area contributed by atoms with Crippen LogP contribution in [-0.2, 0) is 0 Å². The van der Waals surface area contributed by atoms with Gasteiger partial charge in [0.25, 0.3) is 0 Å². The number of anilines is 2. The van der Waals surface area contributed by atoms with Crippen molar-refractivity contribution in [2.45, 2.75) is 13.8 Å². The first-order valence-electron chi connectivity index (χ1n) is 5.07. The van der Waals surface area contributed by atoms with E-state index < -0.39 is 0 Å². The highest BCUT2D eigenvalue weighted by molar-refractivity contribution is 5.62. The van der Waals surface area contributed by atoms with Crippen LogP contribution < -0.4 is 5.32 Å². The molecule has 0 aromatic heterocycles. The molecule has 0 bridgehead atoms. The van der Waals surface area contributed by atoms with Gasteiger partial charge in [0, 0.05) is 17.4 Å². The average Bonchev–Trinajstić information content (AvgIpc) is 2.22. The zero-order valence-electron chi connectivity index (χ0n) is 9.04. The molecule has 2 rings (SSSR count). The highest BCUT2D eigenvalue weighted by Gasteiger charge is 1.97. The predicted octanol–water partition coefficient (Wildman–Crippen LogP) is 3.85. The van der Waals surface area contributed by atoms with Crippen LogP contribution in [0, 0.1) is 19.9 Å². The smallest absolute Gasteiger partial charge is 0.0467 e. The number of para-hydroxylation sites is 1. The van der Waals surface area contributed by atoms with Crippen LogP contribution >= 0.6 is 0 Å². The summed E-state index contributed by atoms with van der Waals surface area (Å²) in [5.41, 5.74) is 4.64. The molecule has 2 aromatic rings. The van der Waals surface area contributed by atoms with E-state index in [4.69, 9.17) is 0 Å². The van der Waals surface area contributed by atoms with Crippen LogP contribution in [0.4, 0.5) is 11.4 Å². The van der Waals surface area contributed by atoms with Crippen LogP contribution in [-0.4, -0.2) is 0 Å². The highest BCUT2D eigenvalue weighted by Crippen LogP contribution is 2.19. The summed E-state index contributed by atoms with van der Waals surface area (Å²) >= 11 is 0. The minimum absolute atomic E-state index is 1.02. The van der Waals surface area contributed by atoms with Gasteiger partial charge >= 0.3 is 0 Å². The van der Waals surface area contributed by atoms with Crippen LogP contribution in [0.2, 0.25) is 0 Å². The van der Waals surface area contributed by atoms with Crippen molar-refractivity contribution in [3.05, 3.63) is 59.7 Å². The minimum atomic E-state index is 1.02. The van der Waals surface area contributed by atoms with Gasteiger partial charge in [0.2, 0.25) is 0 Å². The molecule has 0 atom stereocenters. The van der Waals surface area contributed by atoms with Crippen molar-refractivity contribution >= 4 is 11.4 Å². The van der Waals surface area contributed by atoms with Crippen molar-refractivity contribution in [2.75, 3.05) is 5.32 Å². The molecule has 15 heavy (non-hydrogen) atoms. The van der Waals surface area contributed by atoms with Gasteiger partial charge in [-0.15, -0.1) is 0 Å². The van der Waals surface area contributed by atoms with Gasteiger partial charge in [-0.3, -0.25) is 0 Å². The number of rotatable bonds is 2. The summed E-state index contributed by atoms with van der Waals surface area (Å²) in [6.07, 6.45) is 0. The van der Waals surface area contributed by atoms with Gasteiger partial charge in [-0.2, -0.15) is 0 Å². The first-order chi connectivity index (χ1) is 7.25. The molecule has 0 unspecified atom stereocenters. The van der Waals surface area contributed by atoms with Gasteiger partial charge in [0.1, 0.15) is 0 Å². The summed E-state index contributed by atoms with van der Waals surface area (Å²) < 4.78 is 0. The summed E-state index contributed by atoms with van der Waals surface area (Å²) in [6, 6.07) is 17.5. The fraction of sp³-hybridized carbons (Fsp3) is 0.143. The topological polar surface area (TPSA) is 12.0 Å². The third-order valence-corrected chi connectivity index (χ3v) is 2.37. The largest absolute Gasteiger partial charge is 0.355 e. The Morgan fingerprint density at radius 1 is 1.07 bits per heavy atom. The number of hydrogen-bond acceptors (Lipinski definition) is 1. The number of nitrogens with one attached hydrogen (secondary N) is 1. The highest BCUT2D eigenvalue weighted by atomic mass is 14.9. The van der Waals surface area contributed by atoms with E-state index in [1.807, 2.05) is 24.3 Å². The van der Waals surface area contributed by atoms with E-state index in [0.717, 1.165) is 11.4 Å². The molecule has 0 saturated heterocycles. The van der Waals surface area contributed by atoms with Gasteiger partial charge < -0.3 is 5.32 Å². The van der Waals surface area contributed by atoms with Gasteiger partial charge in [0.15, 0.2) is 0 Å².